The molecule has 0 saturated heterocycles. The SMILES string of the molecule is CCC/C=C\C/C=C\CCCCCCCC(=O)OCC(COC(=O)CCCCCCCC/C=C\C/C=C\C/C=C\CCCCC)OC(=O)CCCCCCCCC/C=C\CCCCCCCC. The van der Waals surface area contributed by atoms with Crippen LogP contribution < -0.4 is 0 Å². The summed E-state index contributed by atoms with van der Waals surface area (Å²) in [5.41, 5.74) is 0. The van der Waals surface area contributed by atoms with E-state index in [0.717, 1.165) is 109 Å². The van der Waals surface area contributed by atoms with E-state index in [-0.39, 0.29) is 31.1 Å². The summed E-state index contributed by atoms with van der Waals surface area (Å²) < 4.78 is 16.8. The Morgan fingerprint density at radius 2 is 0.567 bits per heavy atom. The van der Waals surface area contributed by atoms with Crippen LogP contribution in [0.5, 0.6) is 0 Å². The summed E-state index contributed by atoms with van der Waals surface area (Å²) in [5, 5.41) is 0. The summed E-state index contributed by atoms with van der Waals surface area (Å²) in [5.74, 6) is -0.912. The molecule has 0 spiro atoms. The van der Waals surface area contributed by atoms with Gasteiger partial charge in [0.15, 0.2) is 6.10 Å². The minimum Gasteiger partial charge on any atom is -0.462 e. The summed E-state index contributed by atoms with van der Waals surface area (Å²) in [6, 6.07) is 0. The molecule has 0 fully saturated rings. The number of rotatable bonds is 51. The van der Waals surface area contributed by atoms with Crippen LogP contribution in [0.1, 0.15) is 278 Å². The fourth-order valence-corrected chi connectivity index (χ4v) is 7.83. The second-order valence-corrected chi connectivity index (χ2v) is 18.8. The van der Waals surface area contributed by atoms with Gasteiger partial charge in [0, 0.05) is 19.3 Å². The number of carbonyl (C=O) groups is 3. The maximum Gasteiger partial charge on any atom is 0.306 e. The lowest BCUT2D eigenvalue weighted by Crippen LogP contribution is -2.30. The molecule has 0 amide bonds. The van der Waals surface area contributed by atoms with Crippen molar-refractivity contribution in [3.05, 3.63) is 72.9 Å². The normalized spacial score (nSPS) is 12.6. The molecule has 0 aromatic heterocycles. The third-order valence-corrected chi connectivity index (χ3v) is 12.1. The van der Waals surface area contributed by atoms with Crippen molar-refractivity contribution < 1.29 is 28.6 Å². The lowest BCUT2D eigenvalue weighted by Gasteiger charge is -2.18. The molecule has 0 N–H and O–H groups in total. The molecular formula is C61H106O6. The van der Waals surface area contributed by atoms with Crippen LogP contribution in [-0.4, -0.2) is 37.2 Å². The van der Waals surface area contributed by atoms with E-state index in [1.165, 1.54) is 128 Å². The van der Waals surface area contributed by atoms with Crippen LogP contribution in [0.25, 0.3) is 0 Å². The Morgan fingerprint density at radius 3 is 0.940 bits per heavy atom. The van der Waals surface area contributed by atoms with Crippen LogP contribution in [0.2, 0.25) is 0 Å². The van der Waals surface area contributed by atoms with E-state index in [0.29, 0.717) is 19.3 Å². The molecule has 386 valence electrons. The lowest BCUT2D eigenvalue weighted by atomic mass is 10.1. The minimum absolute atomic E-state index is 0.0882. The van der Waals surface area contributed by atoms with Gasteiger partial charge in [0.2, 0.25) is 0 Å². The van der Waals surface area contributed by atoms with E-state index in [9.17, 15) is 14.4 Å². The number of esters is 3. The van der Waals surface area contributed by atoms with E-state index >= 15 is 0 Å². The van der Waals surface area contributed by atoms with Gasteiger partial charge < -0.3 is 14.2 Å². The monoisotopic (exact) mass is 935 g/mol. The third kappa shape index (κ3) is 53.7. The number of unbranched alkanes of at least 4 members (excludes halogenated alkanes) is 28. The van der Waals surface area contributed by atoms with Crippen LogP contribution in [0, 0.1) is 0 Å². The zero-order chi connectivity index (χ0) is 48.6. The third-order valence-electron chi connectivity index (χ3n) is 12.1. The number of hydrogen-bond donors (Lipinski definition) is 0. The van der Waals surface area contributed by atoms with Gasteiger partial charge in [0.1, 0.15) is 13.2 Å². The van der Waals surface area contributed by atoms with Gasteiger partial charge in [0.25, 0.3) is 0 Å². The minimum atomic E-state index is -0.789. The number of carbonyl (C=O) groups excluding carboxylic acids is 3. The molecule has 67 heavy (non-hydrogen) atoms. The molecule has 0 aliphatic carbocycles. The first kappa shape index (κ1) is 63.8. The Morgan fingerprint density at radius 1 is 0.299 bits per heavy atom. The van der Waals surface area contributed by atoms with Gasteiger partial charge in [-0.3, -0.25) is 14.4 Å². The van der Waals surface area contributed by atoms with Crippen molar-refractivity contribution >= 4 is 17.9 Å². The molecule has 1 atom stereocenters. The molecule has 0 radical (unpaired) electrons. The van der Waals surface area contributed by atoms with Gasteiger partial charge in [-0.2, -0.15) is 0 Å². The average molecular weight is 936 g/mol. The van der Waals surface area contributed by atoms with Crippen molar-refractivity contribution in [2.45, 2.75) is 284 Å². The van der Waals surface area contributed by atoms with Gasteiger partial charge >= 0.3 is 17.9 Å². The zero-order valence-electron chi connectivity index (χ0n) is 44.2. The Kier molecular flexibility index (Phi) is 52.8. The van der Waals surface area contributed by atoms with Crippen LogP contribution in [0.4, 0.5) is 0 Å². The molecule has 1 unspecified atom stereocenters. The van der Waals surface area contributed by atoms with Gasteiger partial charge in [0.05, 0.1) is 0 Å². The molecule has 0 aliphatic heterocycles. The highest BCUT2D eigenvalue weighted by molar-refractivity contribution is 5.71. The van der Waals surface area contributed by atoms with Gasteiger partial charge in [-0.25, -0.2) is 0 Å². The van der Waals surface area contributed by atoms with E-state index < -0.39 is 6.10 Å². The Bertz CT molecular complexity index is 1260. The molecule has 0 bridgehead atoms. The first-order chi connectivity index (χ1) is 33.0. The Balaban J connectivity index is 4.41. The lowest BCUT2D eigenvalue weighted by molar-refractivity contribution is -0.167. The number of allylic oxidation sites excluding steroid dienone is 12. The predicted octanol–water partition coefficient (Wildman–Crippen LogP) is 19.0. The highest BCUT2D eigenvalue weighted by atomic mass is 16.6. The second kappa shape index (κ2) is 55.4. The highest BCUT2D eigenvalue weighted by Crippen LogP contribution is 2.15. The maximum atomic E-state index is 12.8. The average Bonchev–Trinajstić information content (AvgIpc) is 3.33. The Hall–Kier alpha value is -3.15. The van der Waals surface area contributed by atoms with Crippen molar-refractivity contribution in [3.63, 3.8) is 0 Å². The van der Waals surface area contributed by atoms with Crippen LogP contribution >= 0.6 is 0 Å². The first-order valence-electron chi connectivity index (χ1n) is 28.4. The van der Waals surface area contributed by atoms with E-state index in [4.69, 9.17) is 14.2 Å². The maximum absolute atomic E-state index is 12.8. The van der Waals surface area contributed by atoms with Crippen LogP contribution in [0.15, 0.2) is 72.9 Å². The second-order valence-electron chi connectivity index (χ2n) is 18.8. The van der Waals surface area contributed by atoms with Crippen molar-refractivity contribution in [1.82, 2.24) is 0 Å². The van der Waals surface area contributed by atoms with E-state index in [2.05, 4.69) is 93.7 Å². The molecule has 0 heterocycles. The van der Waals surface area contributed by atoms with Gasteiger partial charge in [-0.1, -0.05) is 222 Å². The molecule has 0 aromatic carbocycles. The quantitative estimate of drug-likeness (QED) is 0.0262. The molecule has 6 nitrogen and oxygen atoms in total. The van der Waals surface area contributed by atoms with Gasteiger partial charge in [-0.15, -0.1) is 0 Å². The molecule has 6 heteroatoms. The van der Waals surface area contributed by atoms with E-state index in [1.807, 2.05) is 0 Å². The van der Waals surface area contributed by atoms with Crippen molar-refractivity contribution in [2.24, 2.45) is 0 Å². The molecule has 0 rings (SSSR count). The number of ether oxygens (including phenoxy) is 3. The topological polar surface area (TPSA) is 78.9 Å². The van der Waals surface area contributed by atoms with Crippen molar-refractivity contribution in [3.8, 4) is 0 Å². The van der Waals surface area contributed by atoms with Crippen molar-refractivity contribution in [2.75, 3.05) is 13.2 Å². The smallest absolute Gasteiger partial charge is 0.306 e. The van der Waals surface area contributed by atoms with Crippen LogP contribution in [0.3, 0.4) is 0 Å². The van der Waals surface area contributed by atoms with Gasteiger partial charge in [-0.05, 0) is 109 Å². The molecule has 0 saturated carbocycles. The molecule has 0 aliphatic rings. The summed E-state index contributed by atoms with van der Waals surface area (Å²) in [6.07, 6.45) is 70.3. The number of hydrogen-bond acceptors (Lipinski definition) is 6. The molecule has 0 aromatic rings. The summed E-state index contributed by atoms with van der Waals surface area (Å²) >= 11 is 0. The predicted molar refractivity (Wildman–Crippen MR) is 288 cm³/mol. The Labute approximate surface area is 414 Å². The molecular weight excluding hydrogens is 829 g/mol. The summed E-state index contributed by atoms with van der Waals surface area (Å²) in [4.78, 5) is 38.1. The fraction of sp³-hybridized carbons (Fsp3) is 0.754. The van der Waals surface area contributed by atoms with E-state index in [1.54, 1.807) is 0 Å². The zero-order valence-corrected chi connectivity index (χ0v) is 44.2. The fourth-order valence-electron chi connectivity index (χ4n) is 7.83. The van der Waals surface area contributed by atoms with Crippen LogP contribution in [-0.2, 0) is 28.6 Å². The highest BCUT2D eigenvalue weighted by Gasteiger charge is 2.19. The largest absolute Gasteiger partial charge is 0.462 e. The summed E-state index contributed by atoms with van der Waals surface area (Å²) in [6.45, 7) is 6.53. The van der Waals surface area contributed by atoms with Crippen molar-refractivity contribution in [1.29, 1.82) is 0 Å². The standard InChI is InChI=1S/C61H106O6/c1-4-7-10-13-16-19-22-25-27-29-30-32-33-36-39-42-45-48-51-54-60(63)66-57-58(56-65-59(62)53-50-47-44-41-38-35-24-21-18-15-12-9-6-3)67-61(64)55-52-49-46-43-40-37-34-31-28-26-23-20-17-14-11-8-5-2/h12,15-16,19,21,24-28,30,32,58H,4-11,13-14,17-18,20,22-23,29,31,33-57H2,1-3H3/b15-12-,19-16-,24-21-,27-25-,28-26-,32-30-. The summed E-state index contributed by atoms with van der Waals surface area (Å²) in [7, 11) is 0. The first-order valence-corrected chi connectivity index (χ1v) is 28.4.